The summed E-state index contributed by atoms with van der Waals surface area (Å²) in [5, 5.41) is 2.18. The maximum absolute atomic E-state index is 5.56. The zero-order chi connectivity index (χ0) is 7.40. The molecule has 0 aliphatic rings. The lowest BCUT2D eigenvalue weighted by Crippen LogP contribution is -1.79. The topological polar surface area (TPSA) is 0 Å². The van der Waals surface area contributed by atoms with Crippen LogP contribution in [0.1, 0.15) is 16.9 Å². The second kappa shape index (κ2) is 3.99. The summed E-state index contributed by atoms with van der Waals surface area (Å²) < 4.78 is 0. The monoisotopic (exact) mass is 174 g/mol. The Morgan fingerprint density at radius 1 is 1.60 bits per heavy atom. The quantitative estimate of drug-likeness (QED) is 0.618. The smallest absolute Gasteiger partial charge is 0.0226 e. The average Bonchev–Trinajstić information content (AvgIpc) is 2.31. The summed E-state index contributed by atoms with van der Waals surface area (Å²) in [7, 11) is 0. The summed E-state index contributed by atoms with van der Waals surface area (Å²) in [4.78, 5) is 1.46. The van der Waals surface area contributed by atoms with E-state index in [1.807, 2.05) is 11.3 Å². The van der Waals surface area contributed by atoms with E-state index in [0.717, 1.165) is 18.7 Å². The molecule has 0 bridgehead atoms. The molecule has 10 heavy (non-hydrogen) atoms. The average molecular weight is 175 g/mol. The van der Waals surface area contributed by atoms with Gasteiger partial charge in [0, 0.05) is 10.8 Å². The van der Waals surface area contributed by atoms with Gasteiger partial charge in [0.1, 0.15) is 0 Å². The molecule has 0 aliphatic carbocycles. The van der Waals surface area contributed by atoms with Gasteiger partial charge >= 0.3 is 0 Å². The summed E-state index contributed by atoms with van der Waals surface area (Å²) in [6.07, 6.45) is 2.24. The molecule has 2 heteroatoms. The lowest BCUT2D eigenvalue weighted by atomic mass is 10.2. The van der Waals surface area contributed by atoms with Crippen molar-refractivity contribution < 1.29 is 0 Å². The molecule has 0 N–H and O–H groups in total. The van der Waals surface area contributed by atoms with Crippen molar-refractivity contribution in [2.75, 3.05) is 5.88 Å². The molecular weight excluding hydrogens is 164 g/mol. The summed E-state index contributed by atoms with van der Waals surface area (Å²) in [6, 6.07) is 2.23. The molecule has 0 unspecified atom stereocenters. The van der Waals surface area contributed by atoms with E-state index in [-0.39, 0.29) is 0 Å². The van der Waals surface area contributed by atoms with Crippen LogP contribution in [0, 0.1) is 6.92 Å². The Morgan fingerprint density at radius 2 is 2.40 bits per heavy atom. The maximum Gasteiger partial charge on any atom is 0.0226 e. The number of thiophene rings is 1. The normalized spacial score (nSPS) is 10.2. The molecule has 0 aliphatic heterocycles. The lowest BCUT2D eigenvalue weighted by molar-refractivity contribution is 0.946. The molecule has 0 amide bonds. The SMILES string of the molecule is Cc1csc(CCCCl)c1. The lowest BCUT2D eigenvalue weighted by Gasteiger charge is -1.89. The van der Waals surface area contributed by atoms with Gasteiger partial charge in [-0.2, -0.15) is 0 Å². The molecule has 1 rings (SSSR count). The van der Waals surface area contributed by atoms with Crippen LogP contribution >= 0.6 is 22.9 Å². The Bertz CT molecular complexity index is 193. The van der Waals surface area contributed by atoms with E-state index in [9.17, 15) is 0 Å². The molecule has 0 saturated heterocycles. The minimum atomic E-state index is 0.775. The third-order valence-electron chi connectivity index (χ3n) is 1.34. The number of hydrogen-bond donors (Lipinski definition) is 0. The Morgan fingerprint density at radius 3 is 2.90 bits per heavy atom. The van der Waals surface area contributed by atoms with E-state index in [1.54, 1.807) is 0 Å². The van der Waals surface area contributed by atoms with Crippen molar-refractivity contribution in [3.63, 3.8) is 0 Å². The molecule has 1 heterocycles. The van der Waals surface area contributed by atoms with E-state index in [2.05, 4.69) is 18.4 Å². The summed E-state index contributed by atoms with van der Waals surface area (Å²) >= 11 is 7.39. The Kier molecular flexibility index (Phi) is 3.23. The fourth-order valence-corrected chi connectivity index (χ4v) is 1.92. The molecule has 0 atom stereocenters. The highest BCUT2D eigenvalue weighted by molar-refractivity contribution is 7.10. The van der Waals surface area contributed by atoms with E-state index < -0.39 is 0 Å². The number of alkyl halides is 1. The van der Waals surface area contributed by atoms with Crippen molar-refractivity contribution in [3.8, 4) is 0 Å². The maximum atomic E-state index is 5.56. The van der Waals surface area contributed by atoms with Crippen molar-refractivity contribution >= 4 is 22.9 Å². The third-order valence-corrected chi connectivity index (χ3v) is 2.72. The van der Waals surface area contributed by atoms with Gasteiger partial charge in [-0.1, -0.05) is 0 Å². The summed E-state index contributed by atoms with van der Waals surface area (Å²) in [6.45, 7) is 2.13. The first-order chi connectivity index (χ1) is 4.83. The van der Waals surface area contributed by atoms with Crippen LogP contribution in [0.5, 0.6) is 0 Å². The van der Waals surface area contributed by atoms with Gasteiger partial charge in [0.15, 0.2) is 0 Å². The molecule has 0 spiro atoms. The molecule has 56 valence electrons. The first-order valence-corrected chi connectivity index (χ1v) is 4.84. The van der Waals surface area contributed by atoms with Gasteiger partial charge in [-0.3, -0.25) is 0 Å². The predicted molar refractivity (Wildman–Crippen MR) is 48.1 cm³/mol. The first kappa shape index (κ1) is 8.09. The fourth-order valence-electron chi connectivity index (χ4n) is 0.863. The molecule has 0 fully saturated rings. The van der Waals surface area contributed by atoms with Gasteiger partial charge in [-0.25, -0.2) is 0 Å². The highest BCUT2D eigenvalue weighted by Crippen LogP contribution is 2.15. The summed E-state index contributed by atoms with van der Waals surface area (Å²) in [5.41, 5.74) is 1.37. The van der Waals surface area contributed by atoms with Crippen molar-refractivity contribution in [2.24, 2.45) is 0 Å². The molecular formula is C8H11ClS. The minimum Gasteiger partial charge on any atom is -0.149 e. The van der Waals surface area contributed by atoms with Crippen molar-refractivity contribution in [1.29, 1.82) is 0 Å². The van der Waals surface area contributed by atoms with Crippen molar-refractivity contribution in [1.82, 2.24) is 0 Å². The van der Waals surface area contributed by atoms with Crippen LogP contribution in [0.3, 0.4) is 0 Å². The predicted octanol–water partition coefficient (Wildman–Crippen LogP) is 3.23. The van der Waals surface area contributed by atoms with Gasteiger partial charge in [0.25, 0.3) is 0 Å². The summed E-state index contributed by atoms with van der Waals surface area (Å²) in [5.74, 6) is 0.775. The highest BCUT2D eigenvalue weighted by Gasteiger charge is 1.94. The highest BCUT2D eigenvalue weighted by atomic mass is 35.5. The van der Waals surface area contributed by atoms with Gasteiger partial charge in [-0.15, -0.1) is 22.9 Å². The first-order valence-electron chi connectivity index (χ1n) is 3.43. The van der Waals surface area contributed by atoms with E-state index in [4.69, 9.17) is 11.6 Å². The largest absolute Gasteiger partial charge is 0.149 e. The van der Waals surface area contributed by atoms with Crippen LogP contribution in [-0.4, -0.2) is 5.88 Å². The Labute approximate surface area is 70.8 Å². The second-order valence-electron chi connectivity index (χ2n) is 2.38. The molecule has 0 aromatic carbocycles. The van der Waals surface area contributed by atoms with Gasteiger partial charge < -0.3 is 0 Å². The van der Waals surface area contributed by atoms with E-state index >= 15 is 0 Å². The van der Waals surface area contributed by atoms with Crippen molar-refractivity contribution in [3.05, 3.63) is 21.9 Å². The van der Waals surface area contributed by atoms with Crippen LogP contribution in [0.25, 0.3) is 0 Å². The number of rotatable bonds is 3. The number of aryl methyl sites for hydroxylation is 2. The minimum absolute atomic E-state index is 0.775. The Hall–Kier alpha value is -0.0100. The molecule has 1 aromatic heterocycles. The number of hydrogen-bond acceptors (Lipinski definition) is 1. The standard InChI is InChI=1S/C8H11ClS/c1-7-5-8(10-6-7)3-2-4-9/h5-6H,2-4H2,1H3. The van der Waals surface area contributed by atoms with Crippen LogP contribution in [0.15, 0.2) is 11.4 Å². The zero-order valence-electron chi connectivity index (χ0n) is 6.06. The van der Waals surface area contributed by atoms with Crippen LogP contribution in [0.4, 0.5) is 0 Å². The number of halogens is 1. The van der Waals surface area contributed by atoms with Gasteiger partial charge in [-0.05, 0) is 36.8 Å². The molecule has 0 radical (unpaired) electrons. The molecule has 0 saturated carbocycles. The van der Waals surface area contributed by atoms with E-state index in [0.29, 0.717) is 0 Å². The second-order valence-corrected chi connectivity index (χ2v) is 3.76. The van der Waals surface area contributed by atoms with E-state index in [1.165, 1.54) is 10.4 Å². The molecule has 1 aromatic rings. The van der Waals surface area contributed by atoms with Crippen LogP contribution in [0.2, 0.25) is 0 Å². The van der Waals surface area contributed by atoms with Crippen LogP contribution in [-0.2, 0) is 6.42 Å². The van der Waals surface area contributed by atoms with Gasteiger partial charge in [0.05, 0.1) is 0 Å². The fraction of sp³-hybridized carbons (Fsp3) is 0.500. The van der Waals surface area contributed by atoms with Crippen molar-refractivity contribution in [2.45, 2.75) is 19.8 Å². The van der Waals surface area contributed by atoms with Gasteiger partial charge in [0.2, 0.25) is 0 Å². The zero-order valence-corrected chi connectivity index (χ0v) is 7.63. The molecule has 0 nitrogen and oxygen atoms in total. The van der Waals surface area contributed by atoms with Crippen LogP contribution < -0.4 is 0 Å². The third kappa shape index (κ3) is 2.31. The Balaban J connectivity index is 2.42.